The van der Waals surface area contributed by atoms with E-state index in [0.29, 0.717) is 19.6 Å². The molecule has 1 aliphatic rings. The lowest BCUT2D eigenvalue weighted by Crippen LogP contribution is -2.31. The van der Waals surface area contributed by atoms with Crippen molar-refractivity contribution in [3.05, 3.63) is 24.3 Å². The van der Waals surface area contributed by atoms with E-state index in [9.17, 15) is 4.79 Å². The molecule has 0 saturated heterocycles. The fraction of sp³-hybridized carbons (Fsp3) is 0.462. The zero-order chi connectivity index (χ0) is 12.1. The van der Waals surface area contributed by atoms with Crippen molar-refractivity contribution in [1.82, 2.24) is 0 Å². The van der Waals surface area contributed by atoms with Gasteiger partial charge in [-0.15, -0.1) is 0 Å². The van der Waals surface area contributed by atoms with Crippen molar-refractivity contribution in [1.29, 1.82) is 0 Å². The molecule has 1 aromatic rings. The van der Waals surface area contributed by atoms with Crippen molar-refractivity contribution in [3.8, 4) is 5.75 Å². The number of hydrogen-bond acceptors (Lipinski definition) is 3. The first-order valence-corrected chi connectivity index (χ1v) is 6.05. The molecule has 1 aliphatic heterocycles. The number of amides is 1. The minimum atomic E-state index is 0.131. The van der Waals surface area contributed by atoms with Crippen LogP contribution >= 0.6 is 0 Å². The van der Waals surface area contributed by atoms with Crippen molar-refractivity contribution < 1.29 is 9.53 Å². The van der Waals surface area contributed by atoms with Gasteiger partial charge in [0.25, 0.3) is 0 Å². The van der Waals surface area contributed by atoms with Crippen LogP contribution in [0, 0.1) is 0 Å². The lowest BCUT2D eigenvalue weighted by Gasteiger charge is -2.21. The Morgan fingerprint density at radius 1 is 1.29 bits per heavy atom. The number of carbonyl (C=O) groups is 1. The monoisotopic (exact) mass is 234 g/mol. The molecular formula is C13H18N2O2. The number of nitrogens with zero attached hydrogens (tertiary/aromatic N) is 1. The predicted octanol–water partition coefficient (Wildman–Crippen LogP) is 1.54. The number of para-hydroxylation sites is 2. The Kier molecular flexibility index (Phi) is 3.98. The highest BCUT2D eigenvalue weighted by Crippen LogP contribution is 2.30. The number of anilines is 1. The summed E-state index contributed by atoms with van der Waals surface area (Å²) in [6.45, 7) is 1.85. The van der Waals surface area contributed by atoms with Gasteiger partial charge in [0, 0.05) is 6.54 Å². The Labute approximate surface area is 101 Å². The summed E-state index contributed by atoms with van der Waals surface area (Å²) in [6, 6.07) is 7.69. The first-order valence-electron chi connectivity index (χ1n) is 6.05. The fourth-order valence-electron chi connectivity index (χ4n) is 1.98. The van der Waals surface area contributed by atoms with Crippen LogP contribution < -0.4 is 15.4 Å². The Bertz CT molecular complexity index is 393. The summed E-state index contributed by atoms with van der Waals surface area (Å²) in [5, 5.41) is 0. The predicted molar refractivity (Wildman–Crippen MR) is 67.2 cm³/mol. The number of rotatable bonds is 4. The summed E-state index contributed by atoms with van der Waals surface area (Å²) in [6.07, 6.45) is 2.31. The molecule has 2 N–H and O–H groups in total. The Morgan fingerprint density at radius 2 is 2.12 bits per heavy atom. The fourth-order valence-corrected chi connectivity index (χ4v) is 1.98. The van der Waals surface area contributed by atoms with Crippen LogP contribution in [0.5, 0.6) is 5.75 Å². The first-order chi connectivity index (χ1) is 8.33. The highest BCUT2D eigenvalue weighted by molar-refractivity contribution is 5.95. The molecule has 0 saturated carbocycles. The number of benzene rings is 1. The lowest BCUT2D eigenvalue weighted by molar-refractivity contribution is -0.118. The van der Waals surface area contributed by atoms with E-state index in [-0.39, 0.29) is 5.91 Å². The van der Waals surface area contributed by atoms with Crippen LogP contribution in [0.4, 0.5) is 5.69 Å². The van der Waals surface area contributed by atoms with Crippen LogP contribution in [-0.2, 0) is 4.79 Å². The maximum absolute atomic E-state index is 12.0. The molecule has 0 radical (unpaired) electrons. The van der Waals surface area contributed by atoms with Gasteiger partial charge in [0.05, 0.1) is 18.7 Å². The molecular weight excluding hydrogens is 216 g/mol. The summed E-state index contributed by atoms with van der Waals surface area (Å²) in [5.74, 6) is 0.929. The molecule has 0 unspecified atom stereocenters. The molecule has 4 heteroatoms. The third-order valence-corrected chi connectivity index (χ3v) is 2.87. The number of hydrogen-bond donors (Lipinski definition) is 1. The van der Waals surface area contributed by atoms with E-state index >= 15 is 0 Å². The van der Waals surface area contributed by atoms with Crippen molar-refractivity contribution in [2.45, 2.75) is 19.3 Å². The van der Waals surface area contributed by atoms with Crippen LogP contribution in [0.2, 0.25) is 0 Å². The van der Waals surface area contributed by atoms with E-state index in [1.165, 1.54) is 0 Å². The van der Waals surface area contributed by atoms with Crippen molar-refractivity contribution in [2.24, 2.45) is 5.73 Å². The van der Waals surface area contributed by atoms with Crippen molar-refractivity contribution >= 4 is 11.6 Å². The summed E-state index contributed by atoms with van der Waals surface area (Å²) >= 11 is 0. The van der Waals surface area contributed by atoms with Gasteiger partial charge in [-0.05, 0) is 31.5 Å². The zero-order valence-corrected chi connectivity index (χ0v) is 9.89. The van der Waals surface area contributed by atoms with Gasteiger partial charge in [0.1, 0.15) is 5.75 Å². The topological polar surface area (TPSA) is 55.6 Å². The van der Waals surface area contributed by atoms with Crippen LogP contribution in [0.15, 0.2) is 24.3 Å². The van der Waals surface area contributed by atoms with Gasteiger partial charge in [-0.3, -0.25) is 4.79 Å². The van der Waals surface area contributed by atoms with Gasteiger partial charge in [0.2, 0.25) is 5.91 Å². The summed E-state index contributed by atoms with van der Waals surface area (Å²) < 4.78 is 5.57. The molecule has 0 fully saturated rings. The third-order valence-electron chi connectivity index (χ3n) is 2.87. The number of fused-ring (bicyclic) bond motifs is 1. The Hall–Kier alpha value is -1.55. The van der Waals surface area contributed by atoms with Gasteiger partial charge in [-0.1, -0.05) is 12.1 Å². The van der Waals surface area contributed by atoms with Crippen LogP contribution in [0.1, 0.15) is 19.3 Å². The zero-order valence-electron chi connectivity index (χ0n) is 9.89. The third kappa shape index (κ3) is 2.77. The molecule has 0 spiro atoms. The highest BCUT2D eigenvalue weighted by atomic mass is 16.5. The SMILES string of the molecule is NCCCCN1C(=O)CCOc2ccccc21. The van der Waals surface area contributed by atoms with E-state index in [2.05, 4.69) is 0 Å². The molecule has 2 rings (SSSR count). The quantitative estimate of drug-likeness (QED) is 0.804. The molecule has 1 heterocycles. The summed E-state index contributed by atoms with van der Waals surface area (Å²) in [7, 11) is 0. The molecule has 4 nitrogen and oxygen atoms in total. The van der Waals surface area contributed by atoms with E-state index in [0.717, 1.165) is 30.8 Å². The molecule has 0 aliphatic carbocycles. The maximum Gasteiger partial charge on any atom is 0.230 e. The maximum atomic E-state index is 12.0. The first kappa shape index (κ1) is 11.9. The van der Waals surface area contributed by atoms with Crippen molar-refractivity contribution in [3.63, 3.8) is 0 Å². The number of unbranched alkanes of at least 4 members (excludes halogenated alkanes) is 1. The van der Waals surface area contributed by atoms with Gasteiger partial charge in [-0.25, -0.2) is 0 Å². The second kappa shape index (κ2) is 5.68. The molecule has 0 atom stereocenters. The molecule has 1 amide bonds. The Balaban J connectivity index is 2.18. The van der Waals surface area contributed by atoms with Crippen LogP contribution in [0.25, 0.3) is 0 Å². The second-order valence-corrected chi connectivity index (χ2v) is 4.11. The largest absolute Gasteiger partial charge is 0.491 e. The average molecular weight is 234 g/mol. The van der Waals surface area contributed by atoms with E-state index in [1.54, 1.807) is 0 Å². The van der Waals surface area contributed by atoms with Gasteiger partial charge in [0.15, 0.2) is 0 Å². The molecule has 92 valence electrons. The lowest BCUT2D eigenvalue weighted by atomic mass is 10.2. The van der Waals surface area contributed by atoms with Gasteiger partial charge >= 0.3 is 0 Å². The number of nitrogens with two attached hydrogens (primary N) is 1. The smallest absolute Gasteiger partial charge is 0.230 e. The second-order valence-electron chi connectivity index (χ2n) is 4.11. The number of ether oxygens (including phenoxy) is 1. The van der Waals surface area contributed by atoms with Crippen LogP contribution in [-0.4, -0.2) is 25.6 Å². The highest BCUT2D eigenvalue weighted by Gasteiger charge is 2.21. The summed E-state index contributed by atoms with van der Waals surface area (Å²) in [4.78, 5) is 13.8. The van der Waals surface area contributed by atoms with Gasteiger partial charge in [-0.2, -0.15) is 0 Å². The van der Waals surface area contributed by atoms with Crippen LogP contribution in [0.3, 0.4) is 0 Å². The average Bonchev–Trinajstić information content (AvgIpc) is 2.50. The molecule has 1 aromatic carbocycles. The standard InChI is InChI=1S/C13H18N2O2/c14-8-3-4-9-15-11-5-1-2-6-12(11)17-10-7-13(15)16/h1-2,5-6H,3-4,7-10,14H2. The van der Waals surface area contributed by atoms with Gasteiger partial charge < -0.3 is 15.4 Å². The van der Waals surface area contributed by atoms with E-state index < -0.39 is 0 Å². The minimum absolute atomic E-state index is 0.131. The minimum Gasteiger partial charge on any atom is -0.491 e. The normalized spacial score (nSPS) is 15.1. The molecule has 17 heavy (non-hydrogen) atoms. The van der Waals surface area contributed by atoms with E-state index in [4.69, 9.17) is 10.5 Å². The molecule has 0 bridgehead atoms. The Morgan fingerprint density at radius 3 is 2.94 bits per heavy atom. The number of carbonyl (C=O) groups excluding carboxylic acids is 1. The van der Waals surface area contributed by atoms with Crippen molar-refractivity contribution in [2.75, 3.05) is 24.6 Å². The summed E-state index contributed by atoms with van der Waals surface area (Å²) in [5.41, 5.74) is 6.36. The van der Waals surface area contributed by atoms with E-state index in [1.807, 2.05) is 29.2 Å². The molecule has 0 aromatic heterocycles.